The summed E-state index contributed by atoms with van der Waals surface area (Å²) in [7, 11) is 0. The minimum atomic E-state index is -0.954. The Morgan fingerprint density at radius 1 is 1.41 bits per heavy atom. The van der Waals surface area contributed by atoms with Crippen LogP contribution in [-0.2, 0) is 9.59 Å². The van der Waals surface area contributed by atoms with Crippen molar-refractivity contribution in [2.45, 2.75) is 30.4 Å². The van der Waals surface area contributed by atoms with E-state index in [1.165, 1.54) is 11.8 Å². The summed E-state index contributed by atoms with van der Waals surface area (Å²) in [6.07, 6.45) is -0.150. The number of aryl methyl sites for hydroxylation is 2. The van der Waals surface area contributed by atoms with Crippen molar-refractivity contribution in [3.05, 3.63) is 23.3 Å². The number of aliphatic carboxylic acids is 1. The third-order valence-electron chi connectivity index (χ3n) is 2.78. The molecule has 1 aromatic rings. The molecule has 0 saturated carbocycles. The number of fused-ring (bicyclic) bond motifs is 1. The molecular weight excluding hydrogens is 238 g/mol. The van der Waals surface area contributed by atoms with E-state index in [4.69, 9.17) is 5.11 Å². The van der Waals surface area contributed by atoms with Gasteiger partial charge in [-0.1, -0.05) is 0 Å². The van der Waals surface area contributed by atoms with Crippen LogP contribution < -0.4 is 5.32 Å². The molecule has 1 aliphatic rings. The molecule has 1 aliphatic heterocycles. The first-order chi connectivity index (χ1) is 7.97. The van der Waals surface area contributed by atoms with Gasteiger partial charge in [-0.25, -0.2) is 0 Å². The summed E-state index contributed by atoms with van der Waals surface area (Å²) in [6, 6.07) is 3.91. The molecule has 0 saturated heterocycles. The molecule has 0 fully saturated rings. The number of benzene rings is 1. The van der Waals surface area contributed by atoms with E-state index in [9.17, 15) is 9.59 Å². The van der Waals surface area contributed by atoms with Crippen molar-refractivity contribution < 1.29 is 14.7 Å². The second kappa shape index (κ2) is 4.41. The van der Waals surface area contributed by atoms with Crippen molar-refractivity contribution in [1.29, 1.82) is 0 Å². The number of carbonyl (C=O) groups is 2. The predicted molar refractivity (Wildman–Crippen MR) is 66.4 cm³/mol. The molecule has 90 valence electrons. The number of carbonyl (C=O) groups excluding carboxylic acids is 1. The number of nitrogens with one attached hydrogen (secondary N) is 1. The molecule has 2 N–H and O–H groups in total. The van der Waals surface area contributed by atoms with Gasteiger partial charge in [-0.05, 0) is 37.1 Å². The molecule has 0 radical (unpaired) electrons. The summed E-state index contributed by atoms with van der Waals surface area (Å²) >= 11 is 1.32. The fraction of sp³-hybridized carbons (Fsp3) is 0.333. The second-order valence-corrected chi connectivity index (χ2v) is 5.37. The Bertz CT molecular complexity index is 499. The second-order valence-electron chi connectivity index (χ2n) is 4.13. The Morgan fingerprint density at radius 3 is 2.71 bits per heavy atom. The zero-order chi connectivity index (χ0) is 12.6. The lowest BCUT2D eigenvalue weighted by Crippen LogP contribution is -2.31. The van der Waals surface area contributed by atoms with Crippen LogP contribution in [0, 0.1) is 13.8 Å². The predicted octanol–water partition coefficient (Wildman–Crippen LogP) is 2.19. The molecule has 1 unspecified atom stereocenters. The first-order valence-electron chi connectivity index (χ1n) is 5.28. The van der Waals surface area contributed by atoms with Crippen molar-refractivity contribution in [2.24, 2.45) is 0 Å². The molecular formula is C12H13NO3S. The highest BCUT2D eigenvalue weighted by Crippen LogP contribution is 2.38. The van der Waals surface area contributed by atoms with Crippen LogP contribution in [0.3, 0.4) is 0 Å². The van der Waals surface area contributed by atoms with E-state index in [2.05, 4.69) is 5.32 Å². The Labute approximate surface area is 103 Å². The van der Waals surface area contributed by atoms with E-state index in [-0.39, 0.29) is 12.3 Å². The Kier molecular flexibility index (Phi) is 3.11. The maximum atomic E-state index is 11.7. The summed E-state index contributed by atoms with van der Waals surface area (Å²) < 4.78 is 0. The normalized spacial score (nSPS) is 18.5. The molecule has 1 atom stereocenters. The molecule has 4 nitrogen and oxygen atoms in total. The van der Waals surface area contributed by atoms with Gasteiger partial charge in [-0.15, -0.1) is 11.8 Å². The summed E-state index contributed by atoms with van der Waals surface area (Å²) in [4.78, 5) is 23.3. The third-order valence-corrected chi connectivity index (χ3v) is 4.03. The van der Waals surface area contributed by atoms with Crippen LogP contribution in [0.15, 0.2) is 17.0 Å². The lowest BCUT2D eigenvalue weighted by atomic mass is 10.1. The van der Waals surface area contributed by atoms with Gasteiger partial charge in [0.1, 0.15) is 0 Å². The number of amides is 1. The Balaban J connectivity index is 2.31. The van der Waals surface area contributed by atoms with E-state index in [0.717, 1.165) is 21.7 Å². The largest absolute Gasteiger partial charge is 0.481 e. The molecule has 0 bridgehead atoms. The number of hydrogen-bond donors (Lipinski definition) is 2. The fourth-order valence-electron chi connectivity index (χ4n) is 1.70. The van der Waals surface area contributed by atoms with Gasteiger partial charge in [0, 0.05) is 4.90 Å². The zero-order valence-electron chi connectivity index (χ0n) is 9.61. The average Bonchev–Trinajstić information content (AvgIpc) is 2.22. The van der Waals surface area contributed by atoms with Crippen LogP contribution in [-0.4, -0.2) is 22.2 Å². The van der Waals surface area contributed by atoms with Crippen molar-refractivity contribution in [3.8, 4) is 0 Å². The van der Waals surface area contributed by atoms with Crippen LogP contribution in [0.2, 0.25) is 0 Å². The summed E-state index contributed by atoms with van der Waals surface area (Å²) in [6.45, 7) is 3.98. The fourth-order valence-corrected chi connectivity index (χ4v) is 2.88. The van der Waals surface area contributed by atoms with Crippen molar-refractivity contribution in [1.82, 2.24) is 0 Å². The molecule has 2 rings (SSSR count). The minimum absolute atomic E-state index is 0.150. The maximum Gasteiger partial charge on any atom is 0.305 e. The van der Waals surface area contributed by atoms with Gasteiger partial charge >= 0.3 is 5.97 Å². The molecule has 17 heavy (non-hydrogen) atoms. The Morgan fingerprint density at radius 2 is 2.06 bits per heavy atom. The SMILES string of the molecule is Cc1cc2c(cc1C)SC(CC(=O)O)C(=O)N2. The van der Waals surface area contributed by atoms with Crippen LogP contribution >= 0.6 is 11.8 Å². The van der Waals surface area contributed by atoms with Gasteiger partial charge in [0.25, 0.3) is 0 Å². The first-order valence-corrected chi connectivity index (χ1v) is 6.16. The van der Waals surface area contributed by atoms with Gasteiger partial charge < -0.3 is 10.4 Å². The number of carboxylic acid groups (broad SMARTS) is 1. The highest BCUT2D eigenvalue weighted by molar-refractivity contribution is 8.01. The van der Waals surface area contributed by atoms with E-state index in [1.807, 2.05) is 26.0 Å². The Hall–Kier alpha value is -1.49. The molecule has 5 heteroatoms. The molecule has 1 heterocycles. The zero-order valence-corrected chi connectivity index (χ0v) is 10.4. The van der Waals surface area contributed by atoms with Crippen molar-refractivity contribution in [2.75, 3.05) is 5.32 Å². The highest BCUT2D eigenvalue weighted by atomic mass is 32.2. The minimum Gasteiger partial charge on any atom is -0.481 e. The standard InChI is InChI=1S/C12H13NO3S/c1-6-3-8-9(4-7(6)2)17-10(5-11(14)15)12(16)13-8/h3-4,10H,5H2,1-2H3,(H,13,16)(H,14,15). The third kappa shape index (κ3) is 2.44. The molecule has 0 aromatic heterocycles. The van der Waals surface area contributed by atoms with Crippen LogP contribution in [0.25, 0.3) is 0 Å². The van der Waals surface area contributed by atoms with Crippen LogP contribution in [0.5, 0.6) is 0 Å². The van der Waals surface area contributed by atoms with Crippen LogP contribution in [0.1, 0.15) is 17.5 Å². The first kappa shape index (κ1) is 12.0. The van der Waals surface area contributed by atoms with Gasteiger partial charge in [0.05, 0.1) is 17.4 Å². The monoisotopic (exact) mass is 251 g/mol. The molecule has 0 aliphatic carbocycles. The summed E-state index contributed by atoms with van der Waals surface area (Å²) in [5.74, 6) is -1.18. The van der Waals surface area contributed by atoms with E-state index >= 15 is 0 Å². The number of thioether (sulfide) groups is 1. The lowest BCUT2D eigenvalue weighted by Gasteiger charge is -2.24. The highest BCUT2D eigenvalue weighted by Gasteiger charge is 2.29. The van der Waals surface area contributed by atoms with Crippen molar-refractivity contribution >= 4 is 29.3 Å². The van der Waals surface area contributed by atoms with Gasteiger partial charge in [0.2, 0.25) is 5.91 Å². The van der Waals surface area contributed by atoms with Crippen molar-refractivity contribution in [3.63, 3.8) is 0 Å². The van der Waals surface area contributed by atoms with E-state index in [1.54, 1.807) is 0 Å². The van der Waals surface area contributed by atoms with E-state index in [0.29, 0.717) is 0 Å². The quantitative estimate of drug-likeness (QED) is 0.845. The summed E-state index contributed by atoms with van der Waals surface area (Å²) in [5, 5.41) is 11.0. The number of hydrogen-bond acceptors (Lipinski definition) is 3. The summed E-state index contributed by atoms with van der Waals surface area (Å²) in [5.41, 5.74) is 3.03. The molecule has 1 aromatic carbocycles. The topological polar surface area (TPSA) is 66.4 Å². The van der Waals surface area contributed by atoms with Gasteiger partial charge in [0.15, 0.2) is 0 Å². The van der Waals surface area contributed by atoms with Gasteiger partial charge in [-0.3, -0.25) is 9.59 Å². The van der Waals surface area contributed by atoms with Gasteiger partial charge in [-0.2, -0.15) is 0 Å². The maximum absolute atomic E-state index is 11.7. The smallest absolute Gasteiger partial charge is 0.305 e. The number of anilines is 1. The van der Waals surface area contributed by atoms with Crippen LogP contribution in [0.4, 0.5) is 5.69 Å². The average molecular weight is 251 g/mol. The molecule has 1 amide bonds. The molecule has 0 spiro atoms. The number of carboxylic acids is 1. The van der Waals surface area contributed by atoms with E-state index < -0.39 is 11.2 Å². The lowest BCUT2D eigenvalue weighted by molar-refractivity contribution is -0.138. The number of rotatable bonds is 2.